The van der Waals surface area contributed by atoms with E-state index in [2.05, 4.69) is 6.58 Å². The molecule has 2 atom stereocenters. The monoisotopic (exact) mass is 173 g/mol. The van der Waals surface area contributed by atoms with Crippen LogP contribution in [0.25, 0.3) is 0 Å². The van der Waals surface area contributed by atoms with E-state index in [9.17, 15) is 4.79 Å². The number of carbonyl (C=O) groups excluding carboxylic acids is 1. The number of ketones is 1. The molecule has 1 aliphatic carbocycles. The lowest BCUT2D eigenvalue weighted by Gasteiger charge is -1.95. The summed E-state index contributed by atoms with van der Waals surface area (Å²) in [6.45, 7) is 4.09. The van der Waals surface area contributed by atoms with Crippen LogP contribution in [0.1, 0.15) is 12.8 Å². The molecule has 0 amide bonds. The molecule has 0 aromatic rings. The Morgan fingerprint density at radius 1 is 1.73 bits per heavy atom. The fraction of sp³-hybridized carbons (Fsp3) is 0.625. The van der Waals surface area contributed by atoms with E-state index in [1.54, 1.807) is 0 Å². The summed E-state index contributed by atoms with van der Waals surface area (Å²) in [6.07, 6.45) is 1.25. The summed E-state index contributed by atoms with van der Waals surface area (Å²) >= 11 is 5.49. The van der Waals surface area contributed by atoms with Gasteiger partial charge in [0.05, 0.1) is 0 Å². The van der Waals surface area contributed by atoms with E-state index in [0.717, 1.165) is 6.42 Å². The van der Waals surface area contributed by atoms with Gasteiger partial charge in [-0.3, -0.25) is 4.79 Å². The average molecular weight is 174 g/mol. The van der Waals surface area contributed by atoms with Crippen molar-refractivity contribution < 1.29 is 4.79 Å². The van der Waals surface area contributed by atoms with Crippen LogP contribution in [0.15, 0.2) is 11.6 Å². The molecule has 0 aliphatic heterocycles. The van der Waals surface area contributed by atoms with E-state index < -0.39 is 0 Å². The van der Waals surface area contributed by atoms with Gasteiger partial charge in [0.25, 0.3) is 0 Å². The second-order valence-corrected chi connectivity index (χ2v) is 3.53. The molecule has 2 N–H and O–H groups in total. The number of nitrogens with two attached hydrogens (primary N) is 1. The third kappa shape index (κ3) is 2.31. The molecule has 3 heteroatoms. The molecule has 62 valence electrons. The van der Waals surface area contributed by atoms with Crippen molar-refractivity contribution >= 4 is 17.4 Å². The van der Waals surface area contributed by atoms with Crippen LogP contribution in [-0.2, 0) is 4.79 Å². The topological polar surface area (TPSA) is 43.1 Å². The van der Waals surface area contributed by atoms with Crippen molar-refractivity contribution in [2.45, 2.75) is 12.8 Å². The molecular weight excluding hydrogens is 162 g/mol. The highest BCUT2D eigenvalue weighted by Crippen LogP contribution is 2.39. The van der Waals surface area contributed by atoms with Gasteiger partial charge in [-0.15, -0.1) is 0 Å². The molecule has 1 aliphatic rings. The van der Waals surface area contributed by atoms with Crippen molar-refractivity contribution in [1.29, 1.82) is 0 Å². The molecule has 0 spiro atoms. The Morgan fingerprint density at radius 2 is 2.36 bits per heavy atom. The first-order chi connectivity index (χ1) is 5.15. The van der Waals surface area contributed by atoms with E-state index >= 15 is 0 Å². The number of carbonyl (C=O) groups is 1. The van der Waals surface area contributed by atoms with Crippen LogP contribution in [-0.4, -0.2) is 12.3 Å². The van der Waals surface area contributed by atoms with E-state index in [0.29, 0.717) is 23.9 Å². The Bertz CT molecular complexity index is 191. The Kier molecular flexibility index (Phi) is 2.68. The largest absolute Gasteiger partial charge is 0.330 e. The summed E-state index contributed by atoms with van der Waals surface area (Å²) in [5.41, 5.74) is 5.39. The van der Waals surface area contributed by atoms with Gasteiger partial charge < -0.3 is 5.73 Å². The minimum atomic E-state index is 0.176. The van der Waals surface area contributed by atoms with Crippen molar-refractivity contribution in [3.63, 3.8) is 0 Å². The average Bonchev–Trinajstić information content (AvgIpc) is 2.63. The fourth-order valence-electron chi connectivity index (χ4n) is 1.22. The van der Waals surface area contributed by atoms with E-state index in [1.807, 2.05) is 0 Å². The first-order valence-electron chi connectivity index (χ1n) is 3.71. The van der Waals surface area contributed by atoms with Crippen molar-refractivity contribution in [3.8, 4) is 0 Å². The highest BCUT2D eigenvalue weighted by atomic mass is 35.5. The van der Waals surface area contributed by atoms with Crippen LogP contribution >= 0.6 is 11.6 Å². The Balaban J connectivity index is 2.28. The molecule has 0 bridgehead atoms. The zero-order valence-electron chi connectivity index (χ0n) is 6.35. The van der Waals surface area contributed by atoms with Crippen LogP contribution in [0, 0.1) is 11.8 Å². The number of Topliss-reactive ketones (excluding diaryl/α,β-unsaturated/α-hetero) is 1. The van der Waals surface area contributed by atoms with Gasteiger partial charge in [-0.05, 0) is 18.9 Å². The van der Waals surface area contributed by atoms with Crippen LogP contribution in [0.2, 0.25) is 0 Å². The lowest BCUT2D eigenvalue weighted by molar-refractivity contribution is -0.119. The minimum absolute atomic E-state index is 0.176. The number of halogens is 1. The molecule has 1 rings (SSSR count). The molecule has 1 saturated carbocycles. The number of rotatable bonds is 4. The number of hydrogen-bond donors (Lipinski definition) is 1. The van der Waals surface area contributed by atoms with Gasteiger partial charge in [0, 0.05) is 17.4 Å². The Morgan fingerprint density at radius 3 is 2.73 bits per heavy atom. The van der Waals surface area contributed by atoms with Crippen molar-refractivity contribution in [2.24, 2.45) is 17.6 Å². The molecule has 1 fully saturated rings. The summed E-state index contributed by atoms with van der Waals surface area (Å²) in [4.78, 5) is 11.2. The fourth-order valence-corrected chi connectivity index (χ4v) is 1.35. The first kappa shape index (κ1) is 8.75. The molecule has 0 radical (unpaired) electrons. The zero-order valence-corrected chi connectivity index (χ0v) is 7.10. The second-order valence-electron chi connectivity index (χ2n) is 3.00. The first-order valence-corrected chi connectivity index (χ1v) is 4.09. The quantitative estimate of drug-likeness (QED) is 0.697. The van der Waals surface area contributed by atoms with Gasteiger partial charge in [-0.25, -0.2) is 0 Å². The molecule has 11 heavy (non-hydrogen) atoms. The van der Waals surface area contributed by atoms with Crippen LogP contribution in [0.3, 0.4) is 0 Å². The minimum Gasteiger partial charge on any atom is -0.330 e. The number of allylic oxidation sites excluding steroid dienone is 1. The lowest BCUT2D eigenvalue weighted by atomic mass is 10.1. The molecule has 2 nitrogen and oxygen atoms in total. The van der Waals surface area contributed by atoms with Gasteiger partial charge >= 0.3 is 0 Å². The summed E-state index contributed by atoms with van der Waals surface area (Å²) in [7, 11) is 0. The summed E-state index contributed by atoms with van der Waals surface area (Å²) in [5, 5.41) is 0.428. The van der Waals surface area contributed by atoms with Gasteiger partial charge in [0.2, 0.25) is 0 Å². The summed E-state index contributed by atoms with van der Waals surface area (Å²) in [5.74, 6) is 0.787. The van der Waals surface area contributed by atoms with Gasteiger partial charge in [0.1, 0.15) is 5.78 Å². The van der Waals surface area contributed by atoms with Crippen LogP contribution < -0.4 is 5.73 Å². The van der Waals surface area contributed by atoms with Crippen molar-refractivity contribution in [3.05, 3.63) is 11.6 Å². The highest BCUT2D eigenvalue weighted by Gasteiger charge is 2.40. The molecular formula is C8H12ClNO. The molecule has 0 aromatic heterocycles. The summed E-state index contributed by atoms with van der Waals surface area (Å²) in [6, 6.07) is 0. The standard InChI is InChI=1S/C8H12ClNO/c1-5(9)2-8(11)7-3-6(7)4-10/h6-7H,1-4,10H2/t6-,7-/m0/s1. The maximum absolute atomic E-state index is 11.2. The molecule has 0 saturated heterocycles. The maximum Gasteiger partial charge on any atom is 0.141 e. The molecule has 0 aromatic carbocycles. The van der Waals surface area contributed by atoms with E-state index in [-0.39, 0.29) is 11.7 Å². The maximum atomic E-state index is 11.2. The highest BCUT2D eigenvalue weighted by molar-refractivity contribution is 6.30. The van der Waals surface area contributed by atoms with Gasteiger partial charge in [-0.1, -0.05) is 18.2 Å². The van der Waals surface area contributed by atoms with Crippen molar-refractivity contribution in [1.82, 2.24) is 0 Å². The third-order valence-corrected chi connectivity index (χ3v) is 2.14. The van der Waals surface area contributed by atoms with Gasteiger partial charge in [-0.2, -0.15) is 0 Å². The SMILES string of the molecule is C=C(Cl)CC(=O)[C@H]1C[C@H]1CN. The van der Waals surface area contributed by atoms with E-state index in [4.69, 9.17) is 17.3 Å². The Labute approximate surface area is 71.4 Å². The van der Waals surface area contributed by atoms with Crippen LogP contribution in [0.5, 0.6) is 0 Å². The molecule has 0 heterocycles. The zero-order chi connectivity index (χ0) is 8.43. The molecule has 0 unspecified atom stereocenters. The smallest absolute Gasteiger partial charge is 0.141 e. The predicted molar refractivity (Wildman–Crippen MR) is 45.3 cm³/mol. The Hall–Kier alpha value is -0.340. The lowest BCUT2D eigenvalue weighted by Crippen LogP contribution is -2.08. The second kappa shape index (κ2) is 3.37. The van der Waals surface area contributed by atoms with Crippen LogP contribution in [0.4, 0.5) is 0 Å². The predicted octanol–water partition coefficient (Wildman–Crippen LogP) is 1.29. The van der Waals surface area contributed by atoms with E-state index in [1.165, 1.54) is 0 Å². The summed E-state index contributed by atoms with van der Waals surface area (Å²) < 4.78 is 0. The van der Waals surface area contributed by atoms with Gasteiger partial charge in [0.15, 0.2) is 0 Å². The normalized spacial score (nSPS) is 28.2. The van der Waals surface area contributed by atoms with Crippen molar-refractivity contribution in [2.75, 3.05) is 6.54 Å². The third-order valence-electron chi connectivity index (χ3n) is 2.00. The number of hydrogen-bond acceptors (Lipinski definition) is 2.